The van der Waals surface area contributed by atoms with Crippen LogP contribution in [0.5, 0.6) is 0 Å². The number of amides is 1. The molecule has 3 aromatic rings. The van der Waals surface area contributed by atoms with Gasteiger partial charge >= 0.3 is 6.18 Å². The molecular weight excluding hydrogens is 417 g/mol. The first-order chi connectivity index (χ1) is 15.4. The molecule has 1 aliphatic heterocycles. The van der Waals surface area contributed by atoms with Crippen molar-refractivity contribution in [1.29, 1.82) is 0 Å². The molecule has 166 valence electrons. The van der Waals surface area contributed by atoms with Gasteiger partial charge in [0, 0.05) is 30.9 Å². The summed E-state index contributed by atoms with van der Waals surface area (Å²) in [5.74, 6) is -0.280. The summed E-state index contributed by atoms with van der Waals surface area (Å²) in [6, 6.07) is 19.7. The molecule has 1 N–H and O–H groups in total. The average molecular weight is 440 g/mol. The molecule has 4 nitrogen and oxygen atoms in total. The van der Waals surface area contributed by atoms with Crippen LogP contribution in [-0.4, -0.2) is 32.2 Å². The molecule has 1 fully saturated rings. The third-order valence-corrected chi connectivity index (χ3v) is 5.46. The number of nitrogens with one attached hydrogen (secondary N) is 1. The molecule has 0 saturated carbocycles. The van der Waals surface area contributed by atoms with Gasteiger partial charge in [-0.15, -0.1) is 0 Å². The Kier molecular flexibility index (Phi) is 6.46. The van der Waals surface area contributed by atoms with Gasteiger partial charge in [0.1, 0.15) is 0 Å². The summed E-state index contributed by atoms with van der Waals surface area (Å²) in [6.45, 7) is 3.50. The molecule has 1 heterocycles. The Hall–Kier alpha value is -3.32. The standard InChI is InChI=1S/C25H23F3N2O2/c26-25(27,28)20-9-7-19(8-10-20)22-3-1-2-4-23(22)24(31)29-17-18-5-11-21(12-6-18)30-13-15-32-16-14-30/h1-12H,13-17H2,(H,29,31). The summed E-state index contributed by atoms with van der Waals surface area (Å²) in [5, 5.41) is 2.91. The van der Waals surface area contributed by atoms with Crippen LogP contribution in [0.25, 0.3) is 11.1 Å². The lowest BCUT2D eigenvalue weighted by Gasteiger charge is -2.28. The van der Waals surface area contributed by atoms with Crippen LogP contribution >= 0.6 is 0 Å². The Bertz CT molecular complexity index is 1060. The first-order valence-corrected chi connectivity index (χ1v) is 10.4. The minimum absolute atomic E-state index is 0.280. The average Bonchev–Trinajstić information content (AvgIpc) is 2.83. The highest BCUT2D eigenvalue weighted by molar-refractivity contribution is 6.00. The van der Waals surface area contributed by atoms with Gasteiger partial charge in [0.25, 0.3) is 5.91 Å². The highest BCUT2D eigenvalue weighted by Gasteiger charge is 2.30. The highest BCUT2D eigenvalue weighted by Crippen LogP contribution is 2.32. The molecule has 7 heteroatoms. The van der Waals surface area contributed by atoms with Gasteiger partial charge in [0.05, 0.1) is 18.8 Å². The summed E-state index contributed by atoms with van der Waals surface area (Å²) >= 11 is 0. The molecule has 32 heavy (non-hydrogen) atoms. The zero-order valence-electron chi connectivity index (χ0n) is 17.4. The number of benzene rings is 3. The lowest BCUT2D eigenvalue weighted by molar-refractivity contribution is -0.137. The van der Waals surface area contributed by atoms with Crippen molar-refractivity contribution in [2.24, 2.45) is 0 Å². The van der Waals surface area contributed by atoms with E-state index in [9.17, 15) is 18.0 Å². The normalized spacial score (nSPS) is 14.3. The highest BCUT2D eigenvalue weighted by atomic mass is 19.4. The fraction of sp³-hybridized carbons (Fsp3) is 0.240. The van der Waals surface area contributed by atoms with E-state index in [2.05, 4.69) is 10.2 Å². The number of halogens is 3. The van der Waals surface area contributed by atoms with Gasteiger partial charge in [0.15, 0.2) is 0 Å². The smallest absolute Gasteiger partial charge is 0.378 e. The summed E-state index contributed by atoms with van der Waals surface area (Å²) in [7, 11) is 0. The van der Waals surface area contributed by atoms with Crippen LogP contribution in [0.3, 0.4) is 0 Å². The molecule has 0 bridgehead atoms. The third kappa shape index (κ3) is 5.11. The van der Waals surface area contributed by atoms with Gasteiger partial charge < -0.3 is 15.0 Å². The van der Waals surface area contributed by atoms with Gasteiger partial charge in [0.2, 0.25) is 0 Å². The monoisotopic (exact) mass is 440 g/mol. The Labute approximate surface area is 184 Å². The van der Waals surface area contributed by atoms with Gasteiger partial charge in [-0.05, 0) is 47.0 Å². The summed E-state index contributed by atoms with van der Waals surface area (Å²) in [6.07, 6.45) is -4.40. The largest absolute Gasteiger partial charge is 0.416 e. The molecule has 1 aliphatic rings. The molecule has 0 radical (unpaired) electrons. The molecule has 0 unspecified atom stereocenters. The summed E-state index contributed by atoms with van der Waals surface area (Å²) in [5.41, 5.74) is 2.92. The second-order valence-electron chi connectivity index (χ2n) is 7.57. The number of anilines is 1. The van der Waals surface area contributed by atoms with Crippen molar-refractivity contribution < 1.29 is 22.7 Å². The molecule has 1 amide bonds. The van der Waals surface area contributed by atoms with E-state index in [4.69, 9.17) is 4.74 Å². The van der Waals surface area contributed by atoms with Crippen molar-refractivity contribution in [3.05, 3.63) is 89.5 Å². The molecule has 1 saturated heterocycles. The maximum Gasteiger partial charge on any atom is 0.416 e. The molecule has 0 aromatic heterocycles. The van der Waals surface area contributed by atoms with Crippen LogP contribution in [0.1, 0.15) is 21.5 Å². The molecule has 0 aliphatic carbocycles. The van der Waals surface area contributed by atoms with E-state index in [1.165, 1.54) is 12.1 Å². The minimum atomic E-state index is -4.40. The third-order valence-electron chi connectivity index (χ3n) is 5.46. The Morgan fingerprint density at radius 2 is 1.56 bits per heavy atom. The van der Waals surface area contributed by atoms with Crippen LogP contribution < -0.4 is 10.2 Å². The second-order valence-corrected chi connectivity index (χ2v) is 7.57. The number of carbonyl (C=O) groups is 1. The molecule has 0 atom stereocenters. The van der Waals surface area contributed by atoms with Gasteiger partial charge in [-0.2, -0.15) is 13.2 Å². The maximum atomic E-state index is 12.8. The predicted molar refractivity (Wildman–Crippen MR) is 118 cm³/mol. The number of rotatable bonds is 5. The number of ether oxygens (including phenoxy) is 1. The van der Waals surface area contributed by atoms with E-state index in [-0.39, 0.29) is 5.91 Å². The fourth-order valence-electron chi connectivity index (χ4n) is 3.70. The van der Waals surface area contributed by atoms with E-state index < -0.39 is 11.7 Å². The van der Waals surface area contributed by atoms with E-state index in [0.29, 0.717) is 23.2 Å². The van der Waals surface area contributed by atoms with Gasteiger partial charge in [-0.1, -0.05) is 42.5 Å². The zero-order valence-corrected chi connectivity index (χ0v) is 17.4. The van der Waals surface area contributed by atoms with Crippen molar-refractivity contribution in [3.63, 3.8) is 0 Å². The lowest BCUT2D eigenvalue weighted by Crippen LogP contribution is -2.36. The van der Waals surface area contributed by atoms with Crippen LogP contribution in [0.2, 0.25) is 0 Å². The SMILES string of the molecule is O=C(NCc1ccc(N2CCOCC2)cc1)c1ccccc1-c1ccc(C(F)(F)F)cc1. The Morgan fingerprint density at radius 1 is 0.906 bits per heavy atom. The van der Waals surface area contributed by atoms with Crippen molar-refractivity contribution >= 4 is 11.6 Å². The number of morpholine rings is 1. The Morgan fingerprint density at radius 3 is 2.22 bits per heavy atom. The van der Waals surface area contributed by atoms with Crippen LogP contribution in [0.15, 0.2) is 72.8 Å². The predicted octanol–water partition coefficient (Wildman–Crippen LogP) is 5.14. The van der Waals surface area contributed by atoms with E-state index >= 15 is 0 Å². The zero-order chi connectivity index (χ0) is 22.6. The topological polar surface area (TPSA) is 41.6 Å². The van der Waals surface area contributed by atoms with Crippen LogP contribution in [-0.2, 0) is 17.5 Å². The molecular formula is C25H23F3N2O2. The molecule has 3 aromatic carbocycles. The van der Waals surface area contributed by atoms with Gasteiger partial charge in [-0.3, -0.25) is 4.79 Å². The maximum absolute atomic E-state index is 12.8. The summed E-state index contributed by atoms with van der Waals surface area (Å²) in [4.78, 5) is 15.1. The Balaban J connectivity index is 1.44. The fourth-order valence-corrected chi connectivity index (χ4v) is 3.70. The molecule has 0 spiro atoms. The second kappa shape index (κ2) is 9.44. The van der Waals surface area contributed by atoms with Gasteiger partial charge in [-0.25, -0.2) is 0 Å². The van der Waals surface area contributed by atoms with Crippen LogP contribution in [0.4, 0.5) is 18.9 Å². The van der Waals surface area contributed by atoms with Crippen molar-refractivity contribution in [1.82, 2.24) is 5.32 Å². The molecule has 4 rings (SSSR count). The van der Waals surface area contributed by atoms with Crippen LogP contribution in [0, 0.1) is 0 Å². The van der Waals surface area contributed by atoms with E-state index in [1.54, 1.807) is 24.3 Å². The van der Waals surface area contributed by atoms with Crippen molar-refractivity contribution in [2.75, 3.05) is 31.2 Å². The summed E-state index contributed by atoms with van der Waals surface area (Å²) < 4.78 is 43.9. The van der Waals surface area contributed by atoms with Crippen molar-refractivity contribution in [3.8, 4) is 11.1 Å². The number of hydrogen-bond donors (Lipinski definition) is 1. The van der Waals surface area contributed by atoms with Crippen molar-refractivity contribution in [2.45, 2.75) is 12.7 Å². The number of carbonyl (C=O) groups excluding carboxylic acids is 1. The first-order valence-electron chi connectivity index (χ1n) is 10.4. The lowest BCUT2D eigenvalue weighted by atomic mass is 9.98. The minimum Gasteiger partial charge on any atom is -0.378 e. The quantitative estimate of drug-likeness (QED) is 0.598. The number of alkyl halides is 3. The number of hydrogen-bond acceptors (Lipinski definition) is 3. The first kappa shape index (κ1) is 21.9. The van der Waals surface area contributed by atoms with E-state index in [0.717, 1.165) is 49.7 Å². The number of nitrogens with zero attached hydrogens (tertiary/aromatic N) is 1. The van der Waals surface area contributed by atoms with E-state index in [1.807, 2.05) is 24.3 Å².